The summed E-state index contributed by atoms with van der Waals surface area (Å²) < 4.78 is 5.98. The van der Waals surface area contributed by atoms with Gasteiger partial charge >= 0.3 is 0 Å². The molecule has 0 saturated carbocycles. The maximum absolute atomic E-state index is 11.3. The van der Waals surface area contributed by atoms with E-state index < -0.39 is 0 Å². The molecule has 0 aliphatic heterocycles. The molecule has 0 bridgehead atoms. The smallest absolute Gasteiger partial charge is 0.270 e. The molecule has 4 rings (SSSR count). The lowest BCUT2D eigenvalue weighted by atomic mass is 10.0. The quantitative estimate of drug-likeness (QED) is 0.274. The molecule has 0 spiro atoms. The molecule has 29 heavy (non-hydrogen) atoms. The molecule has 5 nitrogen and oxygen atoms in total. The second-order valence-corrected chi connectivity index (χ2v) is 7.07. The number of ether oxygens (including phenoxy) is 1. The predicted molar refractivity (Wildman–Crippen MR) is 116 cm³/mol. The van der Waals surface area contributed by atoms with Crippen LogP contribution in [-0.2, 0) is 0 Å². The summed E-state index contributed by atoms with van der Waals surface area (Å²) in [6.07, 6.45) is 1.71. The Kier molecular flexibility index (Phi) is 5.34. The standard InChI is InChI=1S/C23H19ClN2O3/c24-13-17(14-25)29-23-8-4-1-5-15(23)11-21-19-7-3-2-6-18(19)20-10-9-16(26(27)28)12-22(20)21/h1-12,17H,13-14,25H2/t17-/m0/s1. The molecule has 3 aromatic carbocycles. The number of para-hydroxylation sites is 1. The van der Waals surface area contributed by atoms with Crippen LogP contribution in [0.1, 0.15) is 16.7 Å². The monoisotopic (exact) mass is 406 g/mol. The summed E-state index contributed by atoms with van der Waals surface area (Å²) in [5.41, 5.74) is 11.5. The van der Waals surface area contributed by atoms with Crippen LogP contribution in [0.2, 0.25) is 0 Å². The number of rotatable bonds is 6. The molecule has 1 aliphatic rings. The lowest BCUT2D eigenvalue weighted by Crippen LogP contribution is -2.28. The van der Waals surface area contributed by atoms with E-state index in [4.69, 9.17) is 22.1 Å². The third-order valence-corrected chi connectivity index (χ3v) is 5.30. The van der Waals surface area contributed by atoms with Crippen LogP contribution in [0.4, 0.5) is 5.69 Å². The third-order valence-electron chi connectivity index (χ3n) is 4.96. The van der Waals surface area contributed by atoms with Crippen LogP contribution in [0.5, 0.6) is 5.75 Å². The largest absolute Gasteiger partial charge is 0.487 e. The molecular formula is C23H19ClN2O3. The minimum absolute atomic E-state index is 0.0670. The molecule has 1 atom stereocenters. The van der Waals surface area contributed by atoms with Gasteiger partial charge in [-0.25, -0.2) is 0 Å². The van der Waals surface area contributed by atoms with Gasteiger partial charge in [-0.2, -0.15) is 0 Å². The minimum atomic E-state index is -0.371. The van der Waals surface area contributed by atoms with Gasteiger partial charge in [0.1, 0.15) is 11.9 Å². The van der Waals surface area contributed by atoms with E-state index in [1.165, 1.54) is 0 Å². The first-order chi connectivity index (χ1) is 14.1. The van der Waals surface area contributed by atoms with Crippen LogP contribution in [0.15, 0.2) is 66.7 Å². The van der Waals surface area contributed by atoms with Gasteiger partial charge in [-0.15, -0.1) is 11.6 Å². The fourth-order valence-electron chi connectivity index (χ4n) is 3.54. The van der Waals surface area contributed by atoms with Gasteiger partial charge in [0.2, 0.25) is 0 Å². The highest BCUT2D eigenvalue weighted by atomic mass is 35.5. The highest BCUT2D eigenvalue weighted by Crippen LogP contribution is 2.46. The van der Waals surface area contributed by atoms with Gasteiger partial charge in [-0.05, 0) is 46.0 Å². The number of hydrogen-bond donors (Lipinski definition) is 1. The Balaban J connectivity index is 1.87. The SMILES string of the molecule is NC[C@H](CCl)Oc1ccccc1C=C1c2ccccc2-c2ccc([N+](=O)[O-])cc21. The third kappa shape index (κ3) is 3.62. The van der Waals surface area contributed by atoms with Crippen LogP contribution >= 0.6 is 11.6 Å². The number of nitro groups is 1. The van der Waals surface area contributed by atoms with Crippen molar-refractivity contribution in [3.8, 4) is 16.9 Å². The summed E-state index contributed by atoms with van der Waals surface area (Å²) in [6, 6.07) is 20.6. The number of fused-ring (bicyclic) bond motifs is 3. The lowest BCUT2D eigenvalue weighted by molar-refractivity contribution is -0.384. The molecule has 6 heteroatoms. The molecule has 1 aliphatic carbocycles. The Morgan fingerprint density at radius 2 is 1.69 bits per heavy atom. The molecular weight excluding hydrogens is 388 g/mol. The summed E-state index contributed by atoms with van der Waals surface area (Å²) in [7, 11) is 0. The van der Waals surface area contributed by atoms with Crippen molar-refractivity contribution in [2.75, 3.05) is 12.4 Å². The molecule has 146 valence electrons. The summed E-state index contributed by atoms with van der Waals surface area (Å²) in [6.45, 7) is 0.312. The van der Waals surface area contributed by atoms with Gasteiger partial charge in [0.15, 0.2) is 0 Å². The number of non-ortho nitro benzene ring substituents is 1. The highest BCUT2D eigenvalue weighted by Gasteiger charge is 2.25. The minimum Gasteiger partial charge on any atom is -0.487 e. The van der Waals surface area contributed by atoms with Gasteiger partial charge in [0.05, 0.1) is 10.8 Å². The zero-order valence-corrected chi connectivity index (χ0v) is 16.3. The van der Waals surface area contributed by atoms with Crippen LogP contribution in [0.3, 0.4) is 0 Å². The number of hydrogen-bond acceptors (Lipinski definition) is 4. The van der Waals surface area contributed by atoms with Crippen molar-refractivity contribution in [1.29, 1.82) is 0 Å². The Bertz CT molecular complexity index is 1110. The first-order valence-electron chi connectivity index (χ1n) is 9.24. The second kappa shape index (κ2) is 8.07. The van der Waals surface area contributed by atoms with Crippen LogP contribution in [-0.4, -0.2) is 23.5 Å². The molecule has 3 aromatic rings. The van der Waals surface area contributed by atoms with E-state index in [1.54, 1.807) is 12.1 Å². The molecule has 0 aromatic heterocycles. The van der Waals surface area contributed by atoms with E-state index >= 15 is 0 Å². The molecule has 2 N–H and O–H groups in total. The topological polar surface area (TPSA) is 78.4 Å². The first kappa shape index (κ1) is 19.2. The number of benzene rings is 3. The van der Waals surface area contributed by atoms with Gasteiger partial charge in [-0.1, -0.05) is 42.5 Å². The lowest BCUT2D eigenvalue weighted by Gasteiger charge is -2.16. The fraction of sp³-hybridized carbons (Fsp3) is 0.130. The van der Waals surface area contributed by atoms with Gasteiger partial charge in [-0.3, -0.25) is 10.1 Å². The summed E-state index contributed by atoms with van der Waals surface area (Å²) >= 11 is 5.94. The van der Waals surface area contributed by atoms with E-state index in [0.29, 0.717) is 18.2 Å². The van der Waals surface area contributed by atoms with E-state index in [-0.39, 0.29) is 16.7 Å². The van der Waals surface area contributed by atoms with E-state index in [9.17, 15) is 10.1 Å². The number of nitrogens with zero attached hydrogens (tertiary/aromatic N) is 1. The molecule has 0 unspecified atom stereocenters. The summed E-state index contributed by atoms with van der Waals surface area (Å²) in [5.74, 6) is 0.965. The van der Waals surface area contributed by atoms with Crippen molar-refractivity contribution in [2.45, 2.75) is 6.10 Å². The molecule has 0 fully saturated rings. The number of nitrogens with two attached hydrogens (primary N) is 1. The van der Waals surface area contributed by atoms with Crippen molar-refractivity contribution in [1.82, 2.24) is 0 Å². The molecule has 0 saturated heterocycles. The highest BCUT2D eigenvalue weighted by molar-refractivity contribution is 6.18. The predicted octanol–water partition coefficient (Wildman–Crippen LogP) is 5.11. The fourth-order valence-corrected chi connectivity index (χ4v) is 3.73. The van der Waals surface area contributed by atoms with Crippen LogP contribution in [0.25, 0.3) is 22.8 Å². The van der Waals surface area contributed by atoms with Gasteiger partial charge in [0.25, 0.3) is 5.69 Å². The summed E-state index contributed by atoms with van der Waals surface area (Å²) in [4.78, 5) is 11.0. The van der Waals surface area contributed by atoms with Crippen molar-refractivity contribution >= 4 is 28.9 Å². The second-order valence-electron chi connectivity index (χ2n) is 6.76. The van der Waals surface area contributed by atoms with Gasteiger partial charge < -0.3 is 10.5 Å². The molecule has 0 amide bonds. The average molecular weight is 407 g/mol. The Hall–Kier alpha value is -3.15. The maximum atomic E-state index is 11.3. The summed E-state index contributed by atoms with van der Waals surface area (Å²) in [5, 5.41) is 11.3. The molecule has 0 radical (unpaired) electrons. The van der Waals surface area contributed by atoms with Crippen molar-refractivity contribution in [3.05, 3.63) is 93.5 Å². The van der Waals surface area contributed by atoms with Crippen molar-refractivity contribution in [2.24, 2.45) is 5.73 Å². The van der Waals surface area contributed by atoms with Crippen molar-refractivity contribution in [3.63, 3.8) is 0 Å². The zero-order chi connectivity index (χ0) is 20.4. The zero-order valence-electron chi connectivity index (χ0n) is 15.5. The maximum Gasteiger partial charge on any atom is 0.270 e. The Labute approximate surface area is 173 Å². The Morgan fingerprint density at radius 1 is 1.00 bits per heavy atom. The van der Waals surface area contributed by atoms with E-state index in [1.807, 2.05) is 60.7 Å². The van der Waals surface area contributed by atoms with Gasteiger partial charge in [0, 0.05) is 24.2 Å². The first-order valence-corrected chi connectivity index (χ1v) is 9.78. The van der Waals surface area contributed by atoms with Crippen molar-refractivity contribution < 1.29 is 9.66 Å². The Morgan fingerprint density at radius 3 is 2.41 bits per heavy atom. The van der Waals surface area contributed by atoms with E-state index in [0.717, 1.165) is 33.4 Å². The number of nitro benzene ring substituents is 1. The number of halogens is 1. The average Bonchev–Trinajstić information content (AvgIpc) is 3.06. The molecule has 0 heterocycles. The van der Waals surface area contributed by atoms with Crippen LogP contribution in [0, 0.1) is 10.1 Å². The van der Waals surface area contributed by atoms with Crippen LogP contribution < -0.4 is 10.5 Å². The van der Waals surface area contributed by atoms with E-state index in [2.05, 4.69) is 0 Å². The normalized spacial score (nSPS) is 14.3. The number of alkyl halides is 1.